The summed E-state index contributed by atoms with van der Waals surface area (Å²) in [7, 11) is 0. The molecule has 9 heteroatoms. The smallest absolute Gasteiger partial charge is 0.414 e. The zero-order chi connectivity index (χ0) is 17.9. The summed E-state index contributed by atoms with van der Waals surface area (Å²) < 4.78 is 4.99. The number of ether oxygens (including phenoxy) is 1. The van der Waals surface area contributed by atoms with Crippen LogP contribution in [0.5, 0.6) is 0 Å². The Kier molecular flexibility index (Phi) is 8.20. The van der Waals surface area contributed by atoms with E-state index >= 15 is 0 Å². The van der Waals surface area contributed by atoms with Gasteiger partial charge in [0.1, 0.15) is 0 Å². The van der Waals surface area contributed by atoms with Gasteiger partial charge in [0.2, 0.25) is 0 Å². The predicted molar refractivity (Wildman–Crippen MR) is 83.4 cm³/mol. The normalized spacial score (nSPS) is 14.3. The molecule has 24 heavy (non-hydrogen) atoms. The Hall–Kier alpha value is -2.68. The van der Waals surface area contributed by atoms with Gasteiger partial charge in [0.25, 0.3) is 0 Å². The number of nitrogens with zero attached hydrogens (tertiary/aromatic N) is 3. The molecule has 0 aromatic carbocycles. The molecule has 1 saturated heterocycles. The standard InChI is InChI=1S/C13H19N3O2.C2H2O4/c1-2-18-13(17)16-9-7-15(8-10-16)11-12-5-3-4-6-14-12;3-1(4)2(5)6/h3-6H,2,7-11H2,1H3;(H,3,4)(H,5,6). The second kappa shape index (κ2) is 10.2. The Morgan fingerprint density at radius 1 is 1.12 bits per heavy atom. The van der Waals surface area contributed by atoms with E-state index in [9.17, 15) is 4.79 Å². The summed E-state index contributed by atoms with van der Waals surface area (Å²) in [5.74, 6) is -3.65. The van der Waals surface area contributed by atoms with Gasteiger partial charge in [-0.3, -0.25) is 9.88 Å². The number of carbonyl (C=O) groups is 3. The number of aromatic nitrogens is 1. The second-order valence-corrected chi connectivity index (χ2v) is 4.89. The van der Waals surface area contributed by atoms with Crippen LogP contribution in [0.4, 0.5) is 4.79 Å². The molecule has 0 aliphatic carbocycles. The van der Waals surface area contributed by atoms with Gasteiger partial charge in [0.05, 0.1) is 12.3 Å². The molecule has 9 nitrogen and oxygen atoms in total. The van der Waals surface area contributed by atoms with Gasteiger partial charge < -0.3 is 19.8 Å². The van der Waals surface area contributed by atoms with E-state index in [4.69, 9.17) is 24.5 Å². The van der Waals surface area contributed by atoms with Gasteiger partial charge in [-0.1, -0.05) is 6.07 Å². The van der Waals surface area contributed by atoms with Gasteiger partial charge in [-0.15, -0.1) is 0 Å². The van der Waals surface area contributed by atoms with Crippen LogP contribution in [0.3, 0.4) is 0 Å². The minimum absolute atomic E-state index is 0.199. The van der Waals surface area contributed by atoms with Gasteiger partial charge in [-0.05, 0) is 19.1 Å². The second-order valence-electron chi connectivity index (χ2n) is 4.89. The average molecular weight is 339 g/mol. The molecule has 1 aliphatic heterocycles. The first-order chi connectivity index (χ1) is 11.4. The predicted octanol–water partition coefficient (Wildman–Crippen LogP) is 0.511. The van der Waals surface area contributed by atoms with Crippen LogP contribution < -0.4 is 0 Å². The van der Waals surface area contributed by atoms with Crippen molar-refractivity contribution in [3.8, 4) is 0 Å². The maximum atomic E-state index is 11.5. The van der Waals surface area contributed by atoms with Crippen LogP contribution in [0.2, 0.25) is 0 Å². The van der Waals surface area contributed by atoms with Gasteiger partial charge in [-0.25, -0.2) is 14.4 Å². The third-order valence-electron chi connectivity index (χ3n) is 3.19. The average Bonchev–Trinajstić information content (AvgIpc) is 2.57. The lowest BCUT2D eigenvalue weighted by atomic mass is 10.3. The first-order valence-corrected chi connectivity index (χ1v) is 7.44. The summed E-state index contributed by atoms with van der Waals surface area (Å²) in [5.41, 5.74) is 1.07. The van der Waals surface area contributed by atoms with Crippen LogP contribution in [-0.4, -0.2) is 75.8 Å². The summed E-state index contributed by atoms with van der Waals surface area (Å²) in [6.07, 6.45) is 1.61. The number of carboxylic acid groups (broad SMARTS) is 2. The number of aliphatic carboxylic acids is 2. The molecule has 1 aliphatic rings. The molecule has 2 rings (SSSR count). The fourth-order valence-electron chi connectivity index (χ4n) is 2.02. The third kappa shape index (κ3) is 7.05. The van der Waals surface area contributed by atoms with Crippen molar-refractivity contribution in [1.29, 1.82) is 0 Å². The Balaban J connectivity index is 0.000000413. The molecule has 0 unspecified atom stereocenters. The number of hydrogen-bond donors (Lipinski definition) is 2. The van der Waals surface area contributed by atoms with Crippen LogP contribution in [0.25, 0.3) is 0 Å². The van der Waals surface area contributed by atoms with Crippen LogP contribution >= 0.6 is 0 Å². The van der Waals surface area contributed by atoms with E-state index in [0.29, 0.717) is 6.61 Å². The topological polar surface area (TPSA) is 120 Å². The van der Waals surface area contributed by atoms with Crippen molar-refractivity contribution >= 4 is 18.0 Å². The van der Waals surface area contributed by atoms with E-state index in [2.05, 4.69) is 9.88 Å². The van der Waals surface area contributed by atoms with Gasteiger partial charge in [0, 0.05) is 38.9 Å². The number of rotatable bonds is 3. The Labute approximate surface area is 139 Å². The third-order valence-corrected chi connectivity index (χ3v) is 3.19. The lowest BCUT2D eigenvalue weighted by Crippen LogP contribution is -2.48. The Morgan fingerprint density at radius 3 is 2.21 bits per heavy atom. The summed E-state index contributed by atoms with van der Waals surface area (Å²) in [4.78, 5) is 38.1. The number of amides is 1. The fourth-order valence-corrected chi connectivity index (χ4v) is 2.02. The monoisotopic (exact) mass is 339 g/mol. The summed E-state index contributed by atoms with van der Waals surface area (Å²) in [6, 6.07) is 5.94. The van der Waals surface area contributed by atoms with Crippen molar-refractivity contribution in [2.24, 2.45) is 0 Å². The Bertz CT molecular complexity index is 531. The molecule has 1 aromatic rings. The number of hydrogen-bond acceptors (Lipinski definition) is 6. The minimum Gasteiger partial charge on any atom is -0.473 e. The van der Waals surface area contributed by atoms with E-state index in [0.717, 1.165) is 38.4 Å². The quantitative estimate of drug-likeness (QED) is 0.764. The molecular formula is C15H21N3O6. The lowest BCUT2D eigenvalue weighted by Gasteiger charge is -2.33. The largest absolute Gasteiger partial charge is 0.473 e. The maximum absolute atomic E-state index is 11.5. The minimum atomic E-state index is -1.82. The van der Waals surface area contributed by atoms with Crippen LogP contribution in [0.15, 0.2) is 24.4 Å². The van der Waals surface area contributed by atoms with Gasteiger partial charge >= 0.3 is 18.0 Å². The molecule has 2 heterocycles. The van der Waals surface area contributed by atoms with Crippen molar-refractivity contribution in [2.75, 3.05) is 32.8 Å². The first-order valence-electron chi connectivity index (χ1n) is 7.44. The molecular weight excluding hydrogens is 318 g/mol. The molecule has 0 radical (unpaired) electrons. The molecule has 1 fully saturated rings. The molecule has 0 bridgehead atoms. The highest BCUT2D eigenvalue weighted by molar-refractivity contribution is 6.27. The van der Waals surface area contributed by atoms with E-state index in [-0.39, 0.29) is 6.09 Å². The van der Waals surface area contributed by atoms with Crippen molar-refractivity contribution in [3.63, 3.8) is 0 Å². The van der Waals surface area contributed by atoms with Crippen molar-refractivity contribution < 1.29 is 29.3 Å². The van der Waals surface area contributed by atoms with E-state index in [1.54, 1.807) is 4.90 Å². The maximum Gasteiger partial charge on any atom is 0.414 e. The van der Waals surface area contributed by atoms with Crippen molar-refractivity contribution in [3.05, 3.63) is 30.1 Å². The highest BCUT2D eigenvalue weighted by Gasteiger charge is 2.21. The van der Waals surface area contributed by atoms with E-state index in [1.165, 1.54) is 0 Å². The van der Waals surface area contributed by atoms with Gasteiger partial charge in [0.15, 0.2) is 0 Å². The summed E-state index contributed by atoms with van der Waals surface area (Å²) >= 11 is 0. The molecule has 1 amide bonds. The van der Waals surface area contributed by atoms with Gasteiger partial charge in [-0.2, -0.15) is 0 Å². The van der Waals surface area contributed by atoms with Crippen molar-refractivity contribution in [1.82, 2.24) is 14.8 Å². The number of carboxylic acids is 2. The molecule has 132 valence electrons. The Morgan fingerprint density at radius 2 is 1.75 bits per heavy atom. The van der Waals surface area contributed by atoms with Crippen molar-refractivity contribution in [2.45, 2.75) is 13.5 Å². The highest BCUT2D eigenvalue weighted by Crippen LogP contribution is 2.07. The molecule has 1 aromatic heterocycles. The molecule has 2 N–H and O–H groups in total. The number of piperazine rings is 1. The van der Waals surface area contributed by atoms with Crippen LogP contribution in [0, 0.1) is 0 Å². The number of pyridine rings is 1. The van der Waals surface area contributed by atoms with E-state index < -0.39 is 11.9 Å². The molecule has 0 spiro atoms. The highest BCUT2D eigenvalue weighted by atomic mass is 16.6. The zero-order valence-electron chi connectivity index (χ0n) is 13.4. The molecule has 0 atom stereocenters. The van der Waals surface area contributed by atoms with Crippen LogP contribution in [-0.2, 0) is 20.9 Å². The lowest BCUT2D eigenvalue weighted by molar-refractivity contribution is -0.159. The first kappa shape index (κ1) is 19.4. The molecule has 0 saturated carbocycles. The van der Waals surface area contributed by atoms with E-state index in [1.807, 2.05) is 31.3 Å². The zero-order valence-corrected chi connectivity index (χ0v) is 13.4. The summed E-state index contributed by atoms with van der Waals surface area (Å²) in [5, 5.41) is 14.8. The summed E-state index contributed by atoms with van der Waals surface area (Å²) in [6.45, 7) is 6.31. The van der Waals surface area contributed by atoms with Crippen LogP contribution in [0.1, 0.15) is 12.6 Å². The number of carbonyl (C=O) groups excluding carboxylic acids is 1. The fraction of sp³-hybridized carbons (Fsp3) is 0.467. The SMILES string of the molecule is CCOC(=O)N1CCN(Cc2ccccn2)CC1.O=C(O)C(=O)O.